The van der Waals surface area contributed by atoms with Crippen molar-refractivity contribution in [2.45, 2.75) is 20.3 Å². The van der Waals surface area contributed by atoms with Crippen LogP contribution in [-0.2, 0) is 9.53 Å². The van der Waals surface area contributed by atoms with Crippen LogP contribution in [0, 0.1) is 18.3 Å². The van der Waals surface area contributed by atoms with Gasteiger partial charge in [-0.1, -0.05) is 11.6 Å². The molecule has 29 heavy (non-hydrogen) atoms. The van der Waals surface area contributed by atoms with Gasteiger partial charge in [0.2, 0.25) is 0 Å². The predicted octanol–water partition coefficient (Wildman–Crippen LogP) is 4.63. The lowest BCUT2D eigenvalue weighted by Crippen LogP contribution is -2.10. The van der Waals surface area contributed by atoms with Gasteiger partial charge >= 0.3 is 5.97 Å². The quantitative estimate of drug-likeness (QED) is 0.530. The molecule has 3 aromatic rings. The third kappa shape index (κ3) is 4.25. The molecule has 0 radical (unpaired) electrons. The van der Waals surface area contributed by atoms with Crippen LogP contribution in [0.25, 0.3) is 16.6 Å². The van der Waals surface area contributed by atoms with Crippen LogP contribution in [0.2, 0.25) is 5.02 Å². The van der Waals surface area contributed by atoms with Gasteiger partial charge in [-0.2, -0.15) is 5.26 Å². The SMILES string of the molecule is CCOC(=O)c1c(C)n(-c2ccc(Cl)cc2)c2ccc(OCC(=O)CC#N)cc12. The van der Waals surface area contributed by atoms with Crippen LogP contribution < -0.4 is 4.74 Å². The molecule has 7 heteroatoms. The molecular weight excluding hydrogens is 392 g/mol. The molecule has 2 aromatic carbocycles. The van der Waals surface area contributed by atoms with E-state index in [0.717, 1.165) is 16.9 Å². The standard InChI is InChI=1S/C22H19ClN2O4/c1-3-28-22(27)21-14(2)25(16-6-4-15(23)5-7-16)20-9-8-18(12-19(20)21)29-13-17(26)10-11-24/h4-9,12H,3,10,13H2,1-2H3. The molecule has 0 fully saturated rings. The summed E-state index contributed by atoms with van der Waals surface area (Å²) in [6.07, 6.45) is -0.206. The van der Waals surface area contributed by atoms with Crippen LogP contribution in [0.1, 0.15) is 29.4 Å². The summed E-state index contributed by atoms with van der Waals surface area (Å²) in [7, 11) is 0. The number of carbonyl (C=O) groups excluding carboxylic acids is 2. The molecule has 0 aliphatic rings. The van der Waals surface area contributed by atoms with Gasteiger partial charge in [-0.05, 0) is 56.3 Å². The molecule has 0 aliphatic carbocycles. The van der Waals surface area contributed by atoms with E-state index in [1.54, 1.807) is 37.3 Å². The largest absolute Gasteiger partial charge is 0.486 e. The van der Waals surface area contributed by atoms with Gasteiger partial charge < -0.3 is 14.0 Å². The summed E-state index contributed by atoms with van der Waals surface area (Å²) < 4.78 is 12.7. The maximum atomic E-state index is 12.7. The number of Topliss-reactive ketones (excluding diaryl/α,β-unsaturated/α-hetero) is 1. The van der Waals surface area contributed by atoms with Gasteiger partial charge in [0.05, 0.1) is 30.2 Å². The molecule has 3 rings (SSSR count). The van der Waals surface area contributed by atoms with Crippen LogP contribution >= 0.6 is 11.6 Å². The molecule has 0 bridgehead atoms. The minimum absolute atomic E-state index is 0.204. The van der Waals surface area contributed by atoms with Crippen molar-refractivity contribution in [1.29, 1.82) is 5.26 Å². The van der Waals surface area contributed by atoms with Crippen LogP contribution in [0.15, 0.2) is 42.5 Å². The lowest BCUT2D eigenvalue weighted by Gasteiger charge is -2.09. The molecule has 0 spiro atoms. The Kier molecular flexibility index (Phi) is 6.20. The molecule has 0 saturated heterocycles. The second-order valence-electron chi connectivity index (χ2n) is 6.33. The first-order valence-corrected chi connectivity index (χ1v) is 9.43. The van der Waals surface area contributed by atoms with Crippen LogP contribution in [0.5, 0.6) is 5.75 Å². The predicted molar refractivity (Wildman–Crippen MR) is 110 cm³/mol. The summed E-state index contributed by atoms with van der Waals surface area (Å²) in [5, 5.41) is 9.86. The third-order valence-corrected chi connectivity index (χ3v) is 4.67. The fraction of sp³-hybridized carbons (Fsp3) is 0.227. The normalized spacial score (nSPS) is 10.6. The molecule has 0 unspecified atom stereocenters. The number of nitrogens with zero attached hydrogens (tertiary/aromatic N) is 2. The van der Waals surface area contributed by atoms with Gasteiger partial charge in [-0.15, -0.1) is 0 Å². The topological polar surface area (TPSA) is 81.3 Å². The number of fused-ring (bicyclic) bond motifs is 1. The third-order valence-electron chi connectivity index (χ3n) is 4.42. The number of hydrogen-bond donors (Lipinski definition) is 0. The number of carbonyl (C=O) groups is 2. The highest BCUT2D eigenvalue weighted by Gasteiger charge is 2.22. The van der Waals surface area contributed by atoms with Crippen molar-refractivity contribution in [3.8, 4) is 17.5 Å². The molecule has 1 aromatic heterocycles. The Balaban J connectivity index is 2.11. The van der Waals surface area contributed by atoms with E-state index in [2.05, 4.69) is 0 Å². The molecule has 1 heterocycles. The summed E-state index contributed by atoms with van der Waals surface area (Å²) >= 11 is 6.01. The zero-order chi connectivity index (χ0) is 21.0. The molecule has 6 nitrogen and oxygen atoms in total. The highest BCUT2D eigenvalue weighted by Crippen LogP contribution is 2.33. The lowest BCUT2D eigenvalue weighted by molar-refractivity contribution is -0.120. The van der Waals surface area contributed by atoms with E-state index in [1.165, 1.54) is 0 Å². The van der Waals surface area contributed by atoms with Gasteiger partial charge in [-0.3, -0.25) is 4.79 Å². The maximum absolute atomic E-state index is 12.7. The molecule has 148 valence electrons. The molecule has 0 aliphatic heterocycles. The summed E-state index contributed by atoms with van der Waals surface area (Å²) in [5.74, 6) is -0.309. The number of benzene rings is 2. The highest BCUT2D eigenvalue weighted by atomic mass is 35.5. The maximum Gasteiger partial charge on any atom is 0.340 e. The van der Waals surface area contributed by atoms with Gasteiger partial charge in [-0.25, -0.2) is 4.79 Å². The fourth-order valence-electron chi connectivity index (χ4n) is 3.17. The van der Waals surface area contributed by atoms with Gasteiger partial charge in [0.15, 0.2) is 5.78 Å². The van der Waals surface area contributed by atoms with Crippen molar-refractivity contribution in [2.75, 3.05) is 13.2 Å². The molecule has 0 N–H and O–H groups in total. The van der Waals surface area contributed by atoms with E-state index < -0.39 is 5.97 Å². The Bertz CT molecular complexity index is 1110. The molecule has 0 amide bonds. The zero-order valence-electron chi connectivity index (χ0n) is 16.1. The second kappa shape index (κ2) is 8.80. The number of ether oxygens (including phenoxy) is 2. The molecule has 0 atom stereocenters. The van der Waals surface area contributed by atoms with E-state index in [4.69, 9.17) is 26.3 Å². The summed E-state index contributed by atoms with van der Waals surface area (Å²) in [6, 6.07) is 14.4. The Morgan fingerprint density at radius 2 is 1.90 bits per heavy atom. The first-order valence-electron chi connectivity index (χ1n) is 9.05. The van der Waals surface area contributed by atoms with Crippen molar-refractivity contribution < 1.29 is 19.1 Å². The minimum atomic E-state index is -0.430. The molecule has 0 saturated carbocycles. The number of aromatic nitrogens is 1. The van der Waals surface area contributed by atoms with Crippen molar-refractivity contribution in [2.24, 2.45) is 0 Å². The van der Waals surface area contributed by atoms with Crippen molar-refractivity contribution >= 4 is 34.3 Å². The van der Waals surface area contributed by atoms with Gasteiger partial charge in [0, 0.05) is 21.8 Å². The monoisotopic (exact) mass is 410 g/mol. The summed E-state index contributed by atoms with van der Waals surface area (Å²) in [6.45, 7) is 3.65. The first-order chi connectivity index (χ1) is 14.0. The first kappa shape index (κ1) is 20.4. The highest BCUT2D eigenvalue weighted by molar-refractivity contribution is 6.30. The summed E-state index contributed by atoms with van der Waals surface area (Å²) in [5.41, 5.74) is 2.80. The Hall–Kier alpha value is -3.30. The van der Waals surface area contributed by atoms with E-state index in [0.29, 0.717) is 21.7 Å². The number of ketones is 1. The average Bonchev–Trinajstić information content (AvgIpc) is 2.98. The number of rotatable bonds is 7. The van der Waals surface area contributed by atoms with Crippen LogP contribution in [0.3, 0.4) is 0 Å². The number of nitriles is 1. The molecular formula is C22H19ClN2O4. The Morgan fingerprint density at radius 1 is 1.17 bits per heavy atom. The van der Waals surface area contributed by atoms with E-state index in [9.17, 15) is 9.59 Å². The number of hydrogen-bond acceptors (Lipinski definition) is 5. The Labute approximate surface area is 173 Å². The van der Waals surface area contributed by atoms with Gasteiger partial charge in [0.1, 0.15) is 12.4 Å². The fourth-order valence-corrected chi connectivity index (χ4v) is 3.30. The van der Waals surface area contributed by atoms with Crippen molar-refractivity contribution in [3.63, 3.8) is 0 Å². The van der Waals surface area contributed by atoms with Crippen LogP contribution in [0.4, 0.5) is 0 Å². The Morgan fingerprint density at radius 3 is 2.55 bits per heavy atom. The van der Waals surface area contributed by atoms with Gasteiger partial charge in [0.25, 0.3) is 0 Å². The van der Waals surface area contributed by atoms with E-state index >= 15 is 0 Å². The minimum Gasteiger partial charge on any atom is -0.486 e. The number of halogens is 1. The second-order valence-corrected chi connectivity index (χ2v) is 6.77. The van der Waals surface area contributed by atoms with Crippen molar-refractivity contribution in [3.05, 3.63) is 58.7 Å². The zero-order valence-corrected chi connectivity index (χ0v) is 16.8. The number of esters is 1. The van der Waals surface area contributed by atoms with Crippen molar-refractivity contribution in [1.82, 2.24) is 4.57 Å². The smallest absolute Gasteiger partial charge is 0.340 e. The summed E-state index contributed by atoms with van der Waals surface area (Å²) in [4.78, 5) is 24.2. The van der Waals surface area contributed by atoms with E-state index in [1.807, 2.05) is 29.7 Å². The lowest BCUT2D eigenvalue weighted by atomic mass is 10.1. The van der Waals surface area contributed by atoms with Crippen LogP contribution in [-0.4, -0.2) is 29.5 Å². The van der Waals surface area contributed by atoms with E-state index in [-0.39, 0.29) is 25.4 Å². The average molecular weight is 411 g/mol.